The van der Waals surface area contributed by atoms with Crippen molar-refractivity contribution >= 4 is 28.1 Å². The van der Waals surface area contributed by atoms with Crippen LogP contribution in [0.15, 0.2) is 41.9 Å². The number of carbonyl (C=O) groups excluding carboxylic acids is 1. The molecule has 1 fully saturated rings. The molecule has 0 spiro atoms. The number of hydrogen-bond donors (Lipinski definition) is 1. The number of thiazole rings is 1. The van der Waals surface area contributed by atoms with Crippen LogP contribution in [0.1, 0.15) is 13.3 Å². The van der Waals surface area contributed by atoms with E-state index in [-0.39, 0.29) is 12.1 Å². The summed E-state index contributed by atoms with van der Waals surface area (Å²) in [6.07, 6.45) is 2.59. The predicted octanol–water partition coefficient (Wildman–Crippen LogP) is 2.55. The Balaban J connectivity index is 1.82. The monoisotopic (exact) mass is 288 g/mol. The van der Waals surface area contributed by atoms with Crippen LogP contribution < -0.4 is 10.3 Å². The van der Waals surface area contributed by atoms with Crippen molar-refractivity contribution in [3.05, 3.63) is 41.9 Å². The van der Waals surface area contributed by atoms with E-state index < -0.39 is 0 Å². The third kappa shape index (κ3) is 2.46. The molecule has 3 rings (SSSR count). The van der Waals surface area contributed by atoms with Crippen LogP contribution in [-0.2, 0) is 4.79 Å². The van der Waals surface area contributed by atoms with Crippen LogP contribution in [0, 0.1) is 0 Å². The van der Waals surface area contributed by atoms with E-state index in [1.807, 2.05) is 40.7 Å². The number of nitrogens with one attached hydrogen (secondary N) is 1. The molecule has 1 amide bonds. The molecule has 2 aromatic rings. The zero-order chi connectivity index (χ0) is 13.9. The molecule has 0 saturated carbocycles. The quantitative estimate of drug-likeness (QED) is 0.943. The van der Waals surface area contributed by atoms with Gasteiger partial charge >= 0.3 is 0 Å². The summed E-state index contributed by atoms with van der Waals surface area (Å²) in [5, 5.41) is 9.88. The highest BCUT2D eigenvalue weighted by Gasteiger charge is 2.34. The Morgan fingerprint density at radius 2 is 2.20 bits per heavy atom. The number of hydrazine groups is 1. The lowest BCUT2D eigenvalue weighted by atomic mass is 10.3. The molecule has 1 unspecified atom stereocenters. The minimum Gasteiger partial charge on any atom is -0.340 e. The zero-order valence-electron chi connectivity index (χ0n) is 11.2. The van der Waals surface area contributed by atoms with Gasteiger partial charge in [-0.3, -0.25) is 9.80 Å². The number of nitrogens with zero attached hydrogens (tertiary/aromatic N) is 3. The zero-order valence-corrected chi connectivity index (χ0v) is 12.0. The van der Waals surface area contributed by atoms with E-state index in [2.05, 4.69) is 10.3 Å². The standard InChI is InChI=1S/C14H16N4OS/c1-11(19)18-13(16-14-15-8-10-20-14)7-9-17(18)12-5-3-2-4-6-12/h2-6,8,10,13H,7,9H2,1H3,(H,15,16). The molecule has 0 aliphatic carbocycles. The second-order valence-corrected chi connectivity index (χ2v) is 5.50. The normalized spacial score (nSPS) is 18.4. The van der Waals surface area contributed by atoms with Crippen molar-refractivity contribution in [2.75, 3.05) is 16.9 Å². The van der Waals surface area contributed by atoms with E-state index >= 15 is 0 Å². The second-order valence-electron chi connectivity index (χ2n) is 4.61. The predicted molar refractivity (Wildman–Crippen MR) is 80.4 cm³/mol. The van der Waals surface area contributed by atoms with Gasteiger partial charge < -0.3 is 5.32 Å². The molecule has 20 heavy (non-hydrogen) atoms. The number of carbonyl (C=O) groups is 1. The first-order chi connectivity index (χ1) is 9.75. The molecular weight excluding hydrogens is 272 g/mol. The summed E-state index contributed by atoms with van der Waals surface area (Å²) in [5.74, 6) is 0.0282. The molecule has 1 aromatic carbocycles. The number of para-hydroxylation sites is 1. The van der Waals surface area contributed by atoms with Gasteiger partial charge in [0.2, 0.25) is 5.91 Å². The lowest BCUT2D eigenvalue weighted by Gasteiger charge is -2.32. The van der Waals surface area contributed by atoms with E-state index in [1.54, 1.807) is 29.5 Å². The SMILES string of the molecule is CC(=O)N1C(Nc2nccs2)CCN1c1ccccc1. The van der Waals surface area contributed by atoms with E-state index in [1.165, 1.54) is 0 Å². The molecule has 0 bridgehead atoms. The van der Waals surface area contributed by atoms with Crippen LogP contribution in [0.5, 0.6) is 0 Å². The fourth-order valence-electron chi connectivity index (χ4n) is 2.46. The fraction of sp³-hybridized carbons (Fsp3) is 0.286. The Labute approximate surface area is 121 Å². The van der Waals surface area contributed by atoms with Crippen LogP contribution in [0.2, 0.25) is 0 Å². The van der Waals surface area contributed by atoms with Gasteiger partial charge in [0, 0.05) is 31.5 Å². The Bertz CT molecular complexity index is 572. The minimum atomic E-state index is -0.0427. The third-order valence-corrected chi connectivity index (χ3v) is 3.97. The maximum Gasteiger partial charge on any atom is 0.239 e. The van der Waals surface area contributed by atoms with Crippen LogP contribution in [0.4, 0.5) is 10.8 Å². The van der Waals surface area contributed by atoms with Gasteiger partial charge in [-0.15, -0.1) is 11.3 Å². The van der Waals surface area contributed by atoms with Crippen molar-refractivity contribution in [2.24, 2.45) is 0 Å². The highest BCUT2D eigenvalue weighted by molar-refractivity contribution is 7.13. The highest BCUT2D eigenvalue weighted by Crippen LogP contribution is 2.27. The summed E-state index contributed by atoms with van der Waals surface area (Å²) >= 11 is 1.54. The molecule has 104 valence electrons. The van der Waals surface area contributed by atoms with Crippen molar-refractivity contribution < 1.29 is 4.79 Å². The topological polar surface area (TPSA) is 48.5 Å². The number of rotatable bonds is 3. The van der Waals surface area contributed by atoms with Crippen molar-refractivity contribution in [3.63, 3.8) is 0 Å². The van der Waals surface area contributed by atoms with Gasteiger partial charge in [0.15, 0.2) is 5.13 Å². The van der Waals surface area contributed by atoms with Crippen LogP contribution >= 0.6 is 11.3 Å². The Morgan fingerprint density at radius 1 is 1.40 bits per heavy atom. The maximum atomic E-state index is 12.0. The van der Waals surface area contributed by atoms with Gasteiger partial charge in [-0.2, -0.15) is 0 Å². The summed E-state index contributed by atoms with van der Waals surface area (Å²) in [6, 6.07) is 9.97. The number of benzene rings is 1. The minimum absolute atomic E-state index is 0.0282. The Hall–Kier alpha value is -2.08. The van der Waals surface area contributed by atoms with E-state index in [0.29, 0.717) is 0 Å². The van der Waals surface area contributed by atoms with Crippen molar-refractivity contribution in [1.29, 1.82) is 0 Å². The van der Waals surface area contributed by atoms with E-state index in [9.17, 15) is 4.79 Å². The van der Waals surface area contributed by atoms with Gasteiger partial charge in [0.05, 0.1) is 5.69 Å². The third-order valence-electron chi connectivity index (χ3n) is 3.27. The molecule has 0 radical (unpaired) electrons. The summed E-state index contributed by atoms with van der Waals surface area (Å²) in [4.78, 5) is 16.2. The average Bonchev–Trinajstić information content (AvgIpc) is 3.09. The fourth-order valence-corrected chi connectivity index (χ4v) is 3.03. The van der Waals surface area contributed by atoms with Gasteiger partial charge in [0.1, 0.15) is 6.17 Å². The molecule has 1 aromatic heterocycles. The van der Waals surface area contributed by atoms with Gasteiger partial charge in [0.25, 0.3) is 0 Å². The summed E-state index contributed by atoms with van der Waals surface area (Å²) in [5.41, 5.74) is 1.03. The number of anilines is 2. The van der Waals surface area contributed by atoms with Gasteiger partial charge in [-0.05, 0) is 12.1 Å². The number of amides is 1. The molecule has 1 saturated heterocycles. The molecule has 5 nitrogen and oxygen atoms in total. The summed E-state index contributed by atoms with van der Waals surface area (Å²) in [7, 11) is 0. The number of aromatic nitrogens is 1. The summed E-state index contributed by atoms with van der Waals surface area (Å²) in [6.45, 7) is 2.41. The Kier molecular flexibility index (Phi) is 3.56. The van der Waals surface area contributed by atoms with Crippen LogP contribution in [-0.4, -0.2) is 28.6 Å². The largest absolute Gasteiger partial charge is 0.340 e. The first kappa shape index (κ1) is 12.9. The smallest absolute Gasteiger partial charge is 0.239 e. The van der Waals surface area contributed by atoms with Crippen molar-refractivity contribution in [1.82, 2.24) is 9.99 Å². The van der Waals surface area contributed by atoms with Crippen molar-refractivity contribution in [3.8, 4) is 0 Å². The van der Waals surface area contributed by atoms with Crippen LogP contribution in [0.3, 0.4) is 0 Å². The Morgan fingerprint density at radius 3 is 2.85 bits per heavy atom. The lowest BCUT2D eigenvalue weighted by molar-refractivity contribution is -0.129. The first-order valence-electron chi connectivity index (χ1n) is 6.54. The second kappa shape index (κ2) is 5.50. The van der Waals surface area contributed by atoms with Crippen LogP contribution in [0.25, 0.3) is 0 Å². The average molecular weight is 288 g/mol. The van der Waals surface area contributed by atoms with E-state index in [4.69, 9.17) is 0 Å². The number of hydrogen-bond acceptors (Lipinski definition) is 5. The summed E-state index contributed by atoms with van der Waals surface area (Å²) < 4.78 is 0. The molecule has 1 aliphatic heterocycles. The van der Waals surface area contributed by atoms with Gasteiger partial charge in [-0.1, -0.05) is 18.2 Å². The maximum absolute atomic E-state index is 12.0. The first-order valence-corrected chi connectivity index (χ1v) is 7.42. The molecule has 1 aliphatic rings. The molecule has 6 heteroatoms. The van der Waals surface area contributed by atoms with Gasteiger partial charge in [-0.25, -0.2) is 9.99 Å². The molecule has 1 N–H and O–H groups in total. The molecule has 1 atom stereocenters. The van der Waals surface area contributed by atoms with E-state index in [0.717, 1.165) is 23.8 Å². The lowest BCUT2D eigenvalue weighted by Crippen LogP contribution is -2.47. The molecular formula is C14H16N4OS. The highest BCUT2D eigenvalue weighted by atomic mass is 32.1. The van der Waals surface area contributed by atoms with Crippen molar-refractivity contribution in [2.45, 2.75) is 19.5 Å². The molecule has 2 heterocycles.